The van der Waals surface area contributed by atoms with E-state index in [9.17, 15) is 0 Å². The lowest BCUT2D eigenvalue weighted by Crippen LogP contribution is -2.81. The molecule has 0 saturated carbocycles. The number of benzene rings is 1. The summed E-state index contributed by atoms with van der Waals surface area (Å²) in [6.45, 7) is 2.75. The third kappa shape index (κ3) is 1.83. The molecule has 2 N–H and O–H groups in total. The second kappa shape index (κ2) is 4.47. The normalized spacial score (nSPS) is 20.2. The second-order valence-electron chi connectivity index (χ2n) is 4.48. The standard InChI is InChI=1S/C13H17N3O/c1-14-9-12-13-10-5-2-3-6-11(10)15-16(13)7-4-8-17-12/h2-3,5-6,12,14H,4,7-9H2,1H3/p+1. The molecule has 4 heteroatoms. The second-order valence-corrected chi connectivity index (χ2v) is 4.48. The van der Waals surface area contributed by atoms with Crippen LogP contribution < -0.4 is 5.32 Å². The van der Waals surface area contributed by atoms with E-state index in [1.807, 2.05) is 6.07 Å². The van der Waals surface area contributed by atoms with E-state index in [-0.39, 0.29) is 6.10 Å². The molecule has 17 heavy (non-hydrogen) atoms. The summed E-state index contributed by atoms with van der Waals surface area (Å²) < 4.78 is 8.07. The van der Waals surface area contributed by atoms with Crippen LogP contribution in [-0.2, 0) is 11.3 Å². The highest BCUT2D eigenvalue weighted by atomic mass is 16.5. The summed E-state index contributed by atoms with van der Waals surface area (Å²) in [6.07, 6.45) is 1.20. The van der Waals surface area contributed by atoms with Gasteiger partial charge in [0.25, 0.3) is 0 Å². The molecule has 1 aromatic heterocycles. The zero-order chi connectivity index (χ0) is 11.7. The average molecular weight is 232 g/mol. The van der Waals surface area contributed by atoms with Crippen molar-refractivity contribution in [3.63, 3.8) is 0 Å². The van der Waals surface area contributed by atoms with Crippen molar-refractivity contribution in [2.75, 3.05) is 20.2 Å². The number of ether oxygens (including phenoxy) is 1. The van der Waals surface area contributed by atoms with E-state index in [0.717, 1.165) is 31.6 Å². The van der Waals surface area contributed by atoms with Crippen molar-refractivity contribution in [2.24, 2.45) is 0 Å². The first-order valence-electron chi connectivity index (χ1n) is 6.25. The number of aromatic nitrogens is 2. The fourth-order valence-corrected chi connectivity index (χ4v) is 2.52. The van der Waals surface area contributed by atoms with Gasteiger partial charge in [0.15, 0.2) is 0 Å². The highest BCUT2D eigenvalue weighted by Crippen LogP contribution is 2.28. The topological polar surface area (TPSA) is 43.7 Å². The highest BCUT2D eigenvalue weighted by Gasteiger charge is 2.24. The van der Waals surface area contributed by atoms with Crippen LogP contribution in [0.15, 0.2) is 24.3 Å². The van der Waals surface area contributed by atoms with Crippen LogP contribution in [0.1, 0.15) is 18.2 Å². The molecule has 0 bridgehead atoms. The molecule has 2 aromatic rings. The summed E-state index contributed by atoms with van der Waals surface area (Å²) in [6, 6.07) is 8.33. The van der Waals surface area contributed by atoms with Crippen molar-refractivity contribution in [1.82, 2.24) is 9.78 Å². The molecule has 0 spiro atoms. The molecule has 0 amide bonds. The Balaban J connectivity index is 2.15. The number of hydrogen-bond donors (Lipinski definition) is 1. The number of fused-ring (bicyclic) bond motifs is 3. The van der Waals surface area contributed by atoms with Gasteiger partial charge in [0.2, 0.25) is 0 Å². The zero-order valence-electron chi connectivity index (χ0n) is 10.1. The third-order valence-electron chi connectivity index (χ3n) is 3.27. The minimum absolute atomic E-state index is 0.162. The van der Waals surface area contributed by atoms with Crippen molar-refractivity contribution < 1.29 is 10.1 Å². The predicted octanol–water partition coefficient (Wildman–Crippen LogP) is 0.691. The molecule has 1 aliphatic rings. The van der Waals surface area contributed by atoms with Gasteiger partial charge in [0.1, 0.15) is 12.6 Å². The van der Waals surface area contributed by atoms with E-state index in [1.165, 1.54) is 11.1 Å². The van der Waals surface area contributed by atoms with Gasteiger partial charge in [0, 0.05) is 18.5 Å². The molecule has 3 rings (SSSR count). The Morgan fingerprint density at radius 1 is 1.47 bits per heavy atom. The fourth-order valence-electron chi connectivity index (χ4n) is 2.52. The Hall–Kier alpha value is -1.39. The number of aryl methyl sites for hydroxylation is 1. The summed E-state index contributed by atoms with van der Waals surface area (Å²) in [4.78, 5) is 0. The zero-order valence-corrected chi connectivity index (χ0v) is 10.1. The van der Waals surface area contributed by atoms with Crippen LogP contribution in [0.3, 0.4) is 0 Å². The Morgan fingerprint density at radius 3 is 3.24 bits per heavy atom. The van der Waals surface area contributed by atoms with E-state index < -0.39 is 0 Å². The van der Waals surface area contributed by atoms with Gasteiger partial charge in [-0.1, -0.05) is 18.2 Å². The van der Waals surface area contributed by atoms with E-state index >= 15 is 0 Å². The van der Waals surface area contributed by atoms with Crippen molar-refractivity contribution in [3.05, 3.63) is 30.0 Å². The first kappa shape index (κ1) is 10.7. The molecule has 0 radical (unpaired) electrons. The summed E-state index contributed by atoms with van der Waals surface area (Å²) >= 11 is 0. The van der Waals surface area contributed by atoms with Crippen LogP contribution in [0.25, 0.3) is 10.9 Å². The lowest BCUT2D eigenvalue weighted by Gasteiger charge is -2.13. The van der Waals surface area contributed by atoms with Crippen LogP contribution in [0.5, 0.6) is 0 Å². The summed E-state index contributed by atoms with van der Waals surface area (Å²) in [5.74, 6) is 0. The fraction of sp³-hybridized carbons (Fsp3) is 0.462. The SMILES string of the molecule is C[NH2+]CC1OCCCn2nc3ccccc3c21. The van der Waals surface area contributed by atoms with Crippen LogP contribution in [-0.4, -0.2) is 30.0 Å². The number of quaternary nitrogens is 1. The van der Waals surface area contributed by atoms with E-state index in [1.54, 1.807) is 0 Å². The smallest absolute Gasteiger partial charge is 0.148 e. The molecular weight excluding hydrogens is 214 g/mol. The summed E-state index contributed by atoms with van der Waals surface area (Å²) in [5, 5.41) is 8.07. The molecule has 0 saturated heterocycles. The van der Waals surface area contributed by atoms with Gasteiger partial charge >= 0.3 is 0 Å². The molecule has 1 unspecified atom stereocenters. The van der Waals surface area contributed by atoms with Gasteiger partial charge in [-0.3, -0.25) is 4.68 Å². The largest absolute Gasteiger partial charge is 0.366 e. The van der Waals surface area contributed by atoms with Gasteiger partial charge in [-0.25, -0.2) is 0 Å². The number of likely N-dealkylation sites (N-methyl/N-ethyl adjacent to an activating group) is 1. The van der Waals surface area contributed by atoms with Crippen LogP contribution in [0.4, 0.5) is 0 Å². The Labute approximate surface area is 101 Å². The van der Waals surface area contributed by atoms with Crippen LogP contribution in [0.2, 0.25) is 0 Å². The van der Waals surface area contributed by atoms with Gasteiger partial charge in [0.05, 0.1) is 18.3 Å². The maximum Gasteiger partial charge on any atom is 0.148 e. The number of hydrogen-bond acceptors (Lipinski definition) is 2. The van der Waals surface area contributed by atoms with Gasteiger partial charge in [-0.2, -0.15) is 5.10 Å². The summed E-state index contributed by atoms with van der Waals surface area (Å²) in [5.41, 5.74) is 2.32. The van der Waals surface area contributed by atoms with Gasteiger partial charge in [-0.05, 0) is 12.5 Å². The molecule has 0 fully saturated rings. The third-order valence-corrected chi connectivity index (χ3v) is 3.27. The van der Waals surface area contributed by atoms with Gasteiger partial charge in [-0.15, -0.1) is 0 Å². The maximum absolute atomic E-state index is 5.94. The average Bonchev–Trinajstić information content (AvgIpc) is 2.60. The molecule has 90 valence electrons. The quantitative estimate of drug-likeness (QED) is 0.828. The number of nitrogens with two attached hydrogens (primary N) is 1. The van der Waals surface area contributed by atoms with Gasteiger partial charge < -0.3 is 10.1 Å². The highest BCUT2D eigenvalue weighted by molar-refractivity contribution is 5.81. The van der Waals surface area contributed by atoms with Crippen molar-refractivity contribution in [1.29, 1.82) is 0 Å². The molecule has 2 heterocycles. The Kier molecular flexibility index (Phi) is 2.82. The van der Waals surface area contributed by atoms with Crippen molar-refractivity contribution >= 4 is 10.9 Å². The van der Waals surface area contributed by atoms with E-state index in [0.29, 0.717) is 0 Å². The molecule has 0 aliphatic carbocycles. The molecule has 1 atom stereocenters. The van der Waals surface area contributed by atoms with E-state index in [4.69, 9.17) is 4.74 Å². The van der Waals surface area contributed by atoms with Crippen LogP contribution >= 0.6 is 0 Å². The van der Waals surface area contributed by atoms with Crippen molar-refractivity contribution in [2.45, 2.75) is 19.1 Å². The lowest BCUT2D eigenvalue weighted by molar-refractivity contribution is -0.635. The summed E-state index contributed by atoms with van der Waals surface area (Å²) in [7, 11) is 2.08. The molecule has 4 nitrogen and oxygen atoms in total. The molecular formula is C13H18N3O+. The lowest BCUT2D eigenvalue weighted by atomic mass is 10.1. The van der Waals surface area contributed by atoms with E-state index in [2.05, 4.69) is 40.3 Å². The van der Waals surface area contributed by atoms with Crippen molar-refractivity contribution in [3.8, 4) is 0 Å². The Bertz CT molecular complexity index is 520. The Morgan fingerprint density at radius 2 is 2.35 bits per heavy atom. The first-order valence-corrected chi connectivity index (χ1v) is 6.25. The maximum atomic E-state index is 5.94. The minimum atomic E-state index is 0.162. The minimum Gasteiger partial charge on any atom is -0.366 e. The van der Waals surface area contributed by atoms with Crippen LogP contribution in [0, 0.1) is 0 Å². The number of nitrogens with zero attached hydrogens (tertiary/aromatic N) is 2. The first-order chi connectivity index (χ1) is 8.40. The molecule has 1 aliphatic heterocycles. The number of rotatable bonds is 2. The molecule has 1 aromatic carbocycles. The predicted molar refractivity (Wildman–Crippen MR) is 65.8 cm³/mol. The monoisotopic (exact) mass is 232 g/mol.